The van der Waals surface area contributed by atoms with Crippen LogP contribution in [-0.2, 0) is 11.3 Å². The largest absolute Gasteiger partial charge is 0.337 e. The van der Waals surface area contributed by atoms with Gasteiger partial charge in [-0.05, 0) is 11.6 Å². The molecule has 0 aliphatic carbocycles. The lowest BCUT2D eigenvalue weighted by Gasteiger charge is -2.19. The number of hydrogen-bond donors (Lipinski definition) is 3. The number of nitrogens with one attached hydrogen (secondary N) is 2. The number of benzene rings is 1. The number of carbonyl (C=O) groups is 2. The third-order valence-corrected chi connectivity index (χ3v) is 2.69. The van der Waals surface area contributed by atoms with Gasteiger partial charge in [0.2, 0.25) is 5.91 Å². The van der Waals surface area contributed by atoms with E-state index >= 15 is 0 Å². The lowest BCUT2D eigenvalue weighted by molar-refractivity contribution is -0.116. The van der Waals surface area contributed by atoms with Crippen LogP contribution in [0.3, 0.4) is 0 Å². The Bertz CT molecular complexity index is 461. The molecule has 1 aliphatic rings. The summed E-state index contributed by atoms with van der Waals surface area (Å²) >= 11 is 0. The van der Waals surface area contributed by atoms with Gasteiger partial charge in [0.15, 0.2) is 0 Å². The van der Waals surface area contributed by atoms with Crippen molar-refractivity contribution in [2.75, 3.05) is 25.0 Å². The fourth-order valence-corrected chi connectivity index (χ4v) is 1.84. The van der Waals surface area contributed by atoms with Crippen molar-refractivity contribution in [3.63, 3.8) is 0 Å². The molecule has 0 saturated heterocycles. The minimum atomic E-state index is -0.271. The van der Waals surface area contributed by atoms with E-state index in [2.05, 4.69) is 10.6 Å². The molecule has 4 N–H and O–H groups in total. The molecule has 0 fully saturated rings. The van der Waals surface area contributed by atoms with E-state index in [9.17, 15) is 9.59 Å². The number of rotatable bonds is 2. The zero-order valence-electron chi connectivity index (χ0n) is 9.98. The molecule has 0 radical (unpaired) electrons. The SMILES string of the molecule is NCCNC(=O)N1CC(=O)Nc2ccccc2C1. The van der Waals surface area contributed by atoms with Crippen LogP contribution in [0.1, 0.15) is 5.56 Å². The molecule has 0 aromatic heterocycles. The van der Waals surface area contributed by atoms with E-state index < -0.39 is 0 Å². The molecule has 0 saturated carbocycles. The van der Waals surface area contributed by atoms with Crippen molar-refractivity contribution in [3.05, 3.63) is 29.8 Å². The van der Waals surface area contributed by atoms with E-state index in [0.717, 1.165) is 11.3 Å². The minimum Gasteiger partial charge on any atom is -0.337 e. The van der Waals surface area contributed by atoms with Gasteiger partial charge in [0.1, 0.15) is 6.54 Å². The fraction of sp³-hybridized carbons (Fsp3) is 0.333. The number of nitrogens with zero attached hydrogens (tertiary/aromatic N) is 1. The Labute approximate surface area is 105 Å². The summed E-state index contributed by atoms with van der Waals surface area (Å²) in [6.45, 7) is 1.23. The van der Waals surface area contributed by atoms with Crippen molar-refractivity contribution >= 4 is 17.6 Å². The minimum absolute atomic E-state index is 0.0467. The van der Waals surface area contributed by atoms with E-state index in [-0.39, 0.29) is 18.5 Å². The molecule has 6 heteroatoms. The molecule has 1 aliphatic heterocycles. The van der Waals surface area contributed by atoms with Crippen molar-refractivity contribution in [2.24, 2.45) is 5.73 Å². The van der Waals surface area contributed by atoms with E-state index in [1.54, 1.807) is 0 Å². The zero-order chi connectivity index (χ0) is 13.0. The molecule has 1 heterocycles. The Morgan fingerprint density at radius 1 is 1.39 bits per heavy atom. The van der Waals surface area contributed by atoms with Crippen LogP contribution in [0.15, 0.2) is 24.3 Å². The predicted octanol–water partition coefficient (Wildman–Crippen LogP) is 0.109. The highest BCUT2D eigenvalue weighted by Crippen LogP contribution is 2.19. The van der Waals surface area contributed by atoms with Gasteiger partial charge in [-0.25, -0.2) is 4.79 Å². The maximum absolute atomic E-state index is 11.8. The first-order chi connectivity index (χ1) is 8.70. The summed E-state index contributed by atoms with van der Waals surface area (Å²) in [4.78, 5) is 25.0. The van der Waals surface area contributed by atoms with Crippen LogP contribution < -0.4 is 16.4 Å². The Balaban J connectivity index is 2.15. The van der Waals surface area contributed by atoms with E-state index in [0.29, 0.717) is 19.6 Å². The highest BCUT2D eigenvalue weighted by molar-refractivity contribution is 5.96. The maximum atomic E-state index is 11.8. The molecule has 2 rings (SSSR count). The third-order valence-electron chi connectivity index (χ3n) is 2.69. The topological polar surface area (TPSA) is 87.5 Å². The first-order valence-electron chi connectivity index (χ1n) is 5.81. The number of anilines is 1. The summed E-state index contributed by atoms with van der Waals surface area (Å²) in [7, 11) is 0. The van der Waals surface area contributed by atoms with Gasteiger partial charge in [0, 0.05) is 18.8 Å². The standard InChI is InChI=1S/C12H16N4O2/c13-5-6-14-12(18)16-7-9-3-1-2-4-10(9)15-11(17)8-16/h1-4H,5-8,13H2,(H,14,18)(H,15,17). The quantitative estimate of drug-likeness (QED) is 0.694. The predicted molar refractivity (Wildman–Crippen MR) is 67.9 cm³/mol. The average molecular weight is 248 g/mol. The molecular weight excluding hydrogens is 232 g/mol. The molecule has 0 bridgehead atoms. The second kappa shape index (κ2) is 5.50. The lowest BCUT2D eigenvalue weighted by atomic mass is 10.2. The van der Waals surface area contributed by atoms with Crippen molar-refractivity contribution in [3.8, 4) is 0 Å². The lowest BCUT2D eigenvalue weighted by Crippen LogP contribution is -2.43. The summed E-state index contributed by atoms with van der Waals surface area (Å²) in [5.41, 5.74) is 7.01. The van der Waals surface area contributed by atoms with Crippen molar-refractivity contribution in [1.29, 1.82) is 0 Å². The Kier molecular flexibility index (Phi) is 3.78. The van der Waals surface area contributed by atoms with Gasteiger partial charge < -0.3 is 21.3 Å². The summed E-state index contributed by atoms with van der Waals surface area (Å²) < 4.78 is 0. The molecule has 1 aromatic rings. The average Bonchev–Trinajstić information content (AvgIpc) is 2.53. The molecule has 0 spiro atoms. The van der Waals surface area contributed by atoms with Crippen LogP contribution in [-0.4, -0.2) is 36.5 Å². The van der Waals surface area contributed by atoms with Gasteiger partial charge in [0.05, 0.1) is 6.54 Å². The monoisotopic (exact) mass is 248 g/mol. The molecular formula is C12H16N4O2. The van der Waals surface area contributed by atoms with E-state index in [4.69, 9.17) is 5.73 Å². The van der Waals surface area contributed by atoms with Crippen LogP contribution in [0.25, 0.3) is 0 Å². The highest BCUT2D eigenvalue weighted by Gasteiger charge is 2.22. The molecule has 96 valence electrons. The number of para-hydroxylation sites is 1. The van der Waals surface area contributed by atoms with Crippen LogP contribution in [0.4, 0.5) is 10.5 Å². The zero-order valence-corrected chi connectivity index (χ0v) is 9.98. The van der Waals surface area contributed by atoms with Gasteiger partial charge in [-0.15, -0.1) is 0 Å². The van der Waals surface area contributed by atoms with E-state index in [1.807, 2.05) is 24.3 Å². The van der Waals surface area contributed by atoms with Gasteiger partial charge in [-0.1, -0.05) is 18.2 Å². The Morgan fingerprint density at radius 3 is 2.94 bits per heavy atom. The summed E-state index contributed by atoms with van der Waals surface area (Å²) in [5.74, 6) is -0.192. The maximum Gasteiger partial charge on any atom is 0.318 e. The highest BCUT2D eigenvalue weighted by atomic mass is 16.2. The molecule has 3 amide bonds. The van der Waals surface area contributed by atoms with Gasteiger partial charge >= 0.3 is 6.03 Å². The van der Waals surface area contributed by atoms with E-state index in [1.165, 1.54) is 4.90 Å². The Morgan fingerprint density at radius 2 is 2.17 bits per heavy atom. The normalized spacial score (nSPS) is 14.5. The second-order valence-electron chi connectivity index (χ2n) is 4.08. The van der Waals surface area contributed by atoms with Crippen LogP contribution in [0, 0.1) is 0 Å². The summed E-state index contributed by atoms with van der Waals surface area (Å²) in [6, 6.07) is 7.18. The first-order valence-corrected chi connectivity index (χ1v) is 5.81. The van der Waals surface area contributed by atoms with Crippen LogP contribution in [0.5, 0.6) is 0 Å². The van der Waals surface area contributed by atoms with Gasteiger partial charge in [-0.3, -0.25) is 4.79 Å². The number of hydrogen-bond acceptors (Lipinski definition) is 3. The van der Waals surface area contributed by atoms with Gasteiger partial charge in [0.25, 0.3) is 0 Å². The number of carbonyl (C=O) groups excluding carboxylic acids is 2. The number of nitrogens with two attached hydrogens (primary N) is 1. The number of urea groups is 1. The molecule has 18 heavy (non-hydrogen) atoms. The first kappa shape index (κ1) is 12.4. The fourth-order valence-electron chi connectivity index (χ4n) is 1.84. The third kappa shape index (κ3) is 2.78. The number of amides is 3. The van der Waals surface area contributed by atoms with Crippen molar-refractivity contribution in [2.45, 2.75) is 6.54 Å². The molecule has 1 aromatic carbocycles. The van der Waals surface area contributed by atoms with Gasteiger partial charge in [-0.2, -0.15) is 0 Å². The van der Waals surface area contributed by atoms with Crippen LogP contribution in [0.2, 0.25) is 0 Å². The molecule has 0 atom stereocenters. The smallest absolute Gasteiger partial charge is 0.318 e. The number of fused-ring (bicyclic) bond motifs is 1. The second-order valence-corrected chi connectivity index (χ2v) is 4.08. The Hall–Kier alpha value is -2.08. The summed E-state index contributed by atoms with van der Waals surface area (Å²) in [6.07, 6.45) is 0. The molecule has 0 unspecified atom stereocenters. The summed E-state index contributed by atoms with van der Waals surface area (Å²) in [5, 5.41) is 5.44. The molecule has 6 nitrogen and oxygen atoms in total. The van der Waals surface area contributed by atoms with Crippen molar-refractivity contribution < 1.29 is 9.59 Å². The van der Waals surface area contributed by atoms with Crippen molar-refractivity contribution in [1.82, 2.24) is 10.2 Å². The van der Waals surface area contributed by atoms with Crippen LogP contribution >= 0.6 is 0 Å².